The van der Waals surface area contributed by atoms with E-state index in [4.69, 9.17) is 0 Å². The Kier molecular flexibility index (Phi) is 4.58. The van der Waals surface area contributed by atoms with Crippen molar-refractivity contribution in [2.75, 3.05) is 18.0 Å². The number of amides is 3. The van der Waals surface area contributed by atoms with Gasteiger partial charge in [0.15, 0.2) is 0 Å². The largest absolute Gasteiger partial charge is 0.312 e. The SMILES string of the molecule is O=C1c2cccc3cccc(c23)C(=O)N1CCCC(=O)N1CCCc2ccccc21. The second-order valence-corrected chi connectivity index (χ2v) is 7.85. The summed E-state index contributed by atoms with van der Waals surface area (Å²) in [6.45, 7) is 0.955. The number of anilines is 1. The fourth-order valence-corrected chi connectivity index (χ4v) is 4.60. The summed E-state index contributed by atoms with van der Waals surface area (Å²) in [5.41, 5.74) is 3.29. The third kappa shape index (κ3) is 2.98. The van der Waals surface area contributed by atoms with Crippen LogP contribution >= 0.6 is 0 Å². The minimum absolute atomic E-state index is 0.0431. The van der Waals surface area contributed by atoms with E-state index in [0.717, 1.165) is 29.3 Å². The molecule has 0 saturated heterocycles. The molecule has 0 bridgehead atoms. The highest BCUT2D eigenvalue weighted by Gasteiger charge is 2.32. The van der Waals surface area contributed by atoms with E-state index < -0.39 is 0 Å². The fraction of sp³-hybridized carbons (Fsp3) is 0.240. The molecule has 3 aromatic carbocycles. The zero-order valence-electron chi connectivity index (χ0n) is 16.6. The van der Waals surface area contributed by atoms with Gasteiger partial charge in [-0.3, -0.25) is 19.3 Å². The lowest BCUT2D eigenvalue weighted by atomic mass is 9.94. The summed E-state index contributed by atoms with van der Waals surface area (Å²) < 4.78 is 0. The number of rotatable bonds is 4. The van der Waals surface area contributed by atoms with Gasteiger partial charge < -0.3 is 4.90 Å². The van der Waals surface area contributed by atoms with Crippen molar-refractivity contribution in [3.8, 4) is 0 Å². The number of imide groups is 1. The summed E-state index contributed by atoms with van der Waals surface area (Å²) in [5, 5.41) is 1.62. The Hall–Kier alpha value is -3.47. The van der Waals surface area contributed by atoms with Gasteiger partial charge in [-0.1, -0.05) is 42.5 Å². The molecule has 3 aromatic rings. The molecule has 0 atom stereocenters. The lowest BCUT2D eigenvalue weighted by molar-refractivity contribution is -0.118. The van der Waals surface area contributed by atoms with Crippen molar-refractivity contribution in [3.05, 3.63) is 77.4 Å². The predicted molar refractivity (Wildman–Crippen MR) is 116 cm³/mol. The number of benzene rings is 3. The Labute approximate surface area is 174 Å². The second-order valence-electron chi connectivity index (χ2n) is 7.85. The molecule has 0 spiro atoms. The van der Waals surface area contributed by atoms with Gasteiger partial charge in [-0.25, -0.2) is 0 Å². The van der Waals surface area contributed by atoms with Gasteiger partial charge in [0, 0.05) is 41.7 Å². The molecule has 0 aromatic heterocycles. The van der Waals surface area contributed by atoms with Crippen LogP contribution < -0.4 is 4.90 Å². The second kappa shape index (κ2) is 7.41. The summed E-state index contributed by atoms with van der Waals surface area (Å²) in [5.74, 6) is -0.512. The van der Waals surface area contributed by atoms with Crippen LogP contribution in [0.1, 0.15) is 45.5 Å². The van der Waals surface area contributed by atoms with Crippen LogP contribution in [0.5, 0.6) is 0 Å². The van der Waals surface area contributed by atoms with E-state index in [-0.39, 0.29) is 24.3 Å². The number of nitrogens with zero attached hydrogens (tertiary/aromatic N) is 2. The minimum atomic E-state index is -0.278. The van der Waals surface area contributed by atoms with E-state index in [1.807, 2.05) is 47.4 Å². The van der Waals surface area contributed by atoms with Crippen LogP contribution in [0.25, 0.3) is 10.8 Å². The van der Waals surface area contributed by atoms with E-state index in [2.05, 4.69) is 6.07 Å². The average Bonchev–Trinajstić information content (AvgIpc) is 2.79. The number of aryl methyl sites for hydroxylation is 1. The number of carbonyl (C=O) groups is 3. The van der Waals surface area contributed by atoms with E-state index >= 15 is 0 Å². The van der Waals surface area contributed by atoms with Gasteiger partial charge in [-0.2, -0.15) is 0 Å². The molecule has 5 rings (SSSR count). The fourth-order valence-electron chi connectivity index (χ4n) is 4.60. The monoisotopic (exact) mass is 398 g/mol. The Morgan fingerprint density at radius 3 is 2.30 bits per heavy atom. The molecular weight excluding hydrogens is 376 g/mol. The first kappa shape index (κ1) is 18.6. The number of hydrogen-bond acceptors (Lipinski definition) is 3. The maximum atomic E-state index is 13.0. The lowest BCUT2D eigenvalue weighted by Crippen LogP contribution is -2.41. The topological polar surface area (TPSA) is 57.7 Å². The molecule has 30 heavy (non-hydrogen) atoms. The van der Waals surface area contributed by atoms with Crippen LogP contribution in [0.3, 0.4) is 0 Å². The van der Waals surface area contributed by atoms with Crippen LogP contribution in [0, 0.1) is 0 Å². The van der Waals surface area contributed by atoms with Crippen molar-refractivity contribution in [2.24, 2.45) is 0 Å². The van der Waals surface area contributed by atoms with Crippen LogP contribution in [0.15, 0.2) is 60.7 Å². The van der Waals surface area contributed by atoms with Gasteiger partial charge in [0.1, 0.15) is 0 Å². The first-order chi connectivity index (χ1) is 14.6. The van der Waals surface area contributed by atoms with Crippen molar-refractivity contribution in [1.82, 2.24) is 4.90 Å². The average molecular weight is 398 g/mol. The molecule has 3 amide bonds. The van der Waals surface area contributed by atoms with Gasteiger partial charge in [0.25, 0.3) is 11.8 Å². The highest BCUT2D eigenvalue weighted by molar-refractivity contribution is 6.25. The molecule has 5 heteroatoms. The summed E-state index contributed by atoms with van der Waals surface area (Å²) >= 11 is 0. The standard InChI is InChI=1S/C25H22N2O3/c28-22(26-15-5-10-17-7-1-2-13-21(17)26)14-6-16-27-24(29)19-11-3-8-18-9-4-12-20(23(18)19)25(27)30/h1-4,7-9,11-13H,5-6,10,14-16H2. The highest BCUT2D eigenvalue weighted by atomic mass is 16.2. The molecule has 150 valence electrons. The molecule has 0 fully saturated rings. The number of carbonyl (C=O) groups excluding carboxylic acids is 3. The molecule has 0 unspecified atom stereocenters. The minimum Gasteiger partial charge on any atom is -0.312 e. The van der Waals surface area contributed by atoms with Crippen LogP contribution in [0.2, 0.25) is 0 Å². The Balaban J connectivity index is 1.30. The number of para-hydroxylation sites is 1. The van der Waals surface area contributed by atoms with Crippen molar-refractivity contribution in [2.45, 2.75) is 25.7 Å². The molecule has 2 aliphatic heterocycles. The summed E-state index contributed by atoms with van der Waals surface area (Å²) in [6.07, 6.45) is 2.69. The normalized spacial score (nSPS) is 15.5. The predicted octanol–water partition coefficient (Wildman–Crippen LogP) is 4.20. The molecular formula is C25H22N2O3. The third-order valence-electron chi connectivity index (χ3n) is 6.04. The highest BCUT2D eigenvalue weighted by Crippen LogP contribution is 2.30. The molecule has 2 aliphatic rings. The maximum Gasteiger partial charge on any atom is 0.261 e. The van der Waals surface area contributed by atoms with E-state index in [0.29, 0.717) is 30.5 Å². The van der Waals surface area contributed by atoms with Gasteiger partial charge in [-0.05, 0) is 48.4 Å². The van der Waals surface area contributed by atoms with Crippen LogP contribution in [0.4, 0.5) is 5.69 Å². The van der Waals surface area contributed by atoms with Crippen molar-refractivity contribution in [3.63, 3.8) is 0 Å². The zero-order chi connectivity index (χ0) is 20.7. The summed E-state index contributed by atoms with van der Waals surface area (Å²) in [4.78, 5) is 41.9. The maximum absolute atomic E-state index is 13.0. The molecule has 0 saturated carbocycles. The zero-order valence-corrected chi connectivity index (χ0v) is 16.6. The van der Waals surface area contributed by atoms with Crippen LogP contribution in [-0.4, -0.2) is 35.7 Å². The molecule has 0 aliphatic carbocycles. The summed E-state index contributed by atoms with van der Waals surface area (Å²) in [7, 11) is 0. The smallest absolute Gasteiger partial charge is 0.261 e. The van der Waals surface area contributed by atoms with Crippen molar-refractivity contribution >= 4 is 34.2 Å². The first-order valence-corrected chi connectivity index (χ1v) is 10.4. The van der Waals surface area contributed by atoms with E-state index in [1.165, 1.54) is 10.5 Å². The summed E-state index contributed by atoms with van der Waals surface area (Å²) in [6, 6.07) is 19.0. The Morgan fingerprint density at radius 1 is 0.867 bits per heavy atom. The van der Waals surface area contributed by atoms with Crippen molar-refractivity contribution in [1.29, 1.82) is 0 Å². The van der Waals surface area contributed by atoms with Gasteiger partial charge in [-0.15, -0.1) is 0 Å². The lowest BCUT2D eigenvalue weighted by Gasteiger charge is -2.30. The Bertz CT molecular complexity index is 1130. The molecule has 2 heterocycles. The number of hydrogen-bond donors (Lipinski definition) is 0. The van der Waals surface area contributed by atoms with Crippen LogP contribution in [-0.2, 0) is 11.2 Å². The van der Waals surface area contributed by atoms with Crippen molar-refractivity contribution < 1.29 is 14.4 Å². The Morgan fingerprint density at radius 2 is 1.57 bits per heavy atom. The van der Waals surface area contributed by atoms with Gasteiger partial charge in [0.2, 0.25) is 5.91 Å². The van der Waals surface area contributed by atoms with Gasteiger partial charge in [0.05, 0.1) is 0 Å². The molecule has 0 radical (unpaired) electrons. The van der Waals surface area contributed by atoms with E-state index in [1.54, 1.807) is 12.1 Å². The first-order valence-electron chi connectivity index (χ1n) is 10.4. The van der Waals surface area contributed by atoms with E-state index in [9.17, 15) is 14.4 Å². The molecule has 5 nitrogen and oxygen atoms in total. The third-order valence-corrected chi connectivity index (χ3v) is 6.04. The number of fused-ring (bicyclic) bond motifs is 1. The van der Waals surface area contributed by atoms with Gasteiger partial charge >= 0.3 is 0 Å². The molecule has 0 N–H and O–H groups in total. The quantitative estimate of drug-likeness (QED) is 0.619.